The molecule has 5 heteroatoms. The topological polar surface area (TPSA) is 62.5 Å². The van der Waals surface area contributed by atoms with Crippen molar-refractivity contribution in [2.24, 2.45) is 0 Å². The lowest BCUT2D eigenvalue weighted by molar-refractivity contribution is 0.195. The first-order valence-electron chi connectivity index (χ1n) is 4.24. The predicted molar refractivity (Wildman–Crippen MR) is 63.0 cm³/mol. The minimum atomic E-state index is -0.0563. The van der Waals surface area contributed by atoms with Gasteiger partial charge in [-0.2, -0.15) is 5.26 Å². The van der Waals surface area contributed by atoms with E-state index >= 15 is 0 Å². The van der Waals surface area contributed by atoms with Crippen molar-refractivity contribution in [3.05, 3.63) is 21.3 Å². The van der Waals surface area contributed by atoms with Crippen LogP contribution in [0, 0.1) is 14.9 Å². The number of methoxy groups -OCH3 is 1. The Morgan fingerprint density at radius 2 is 2.27 bits per heavy atom. The van der Waals surface area contributed by atoms with E-state index in [0.717, 1.165) is 3.57 Å². The normalized spacial score (nSPS) is 9.47. The summed E-state index contributed by atoms with van der Waals surface area (Å²) in [5, 5.41) is 17.4. The molecular weight excluding hydrogens is 309 g/mol. The van der Waals surface area contributed by atoms with Crippen molar-refractivity contribution in [3.63, 3.8) is 0 Å². The molecule has 0 aliphatic heterocycles. The molecule has 0 saturated heterocycles. The fraction of sp³-hybridized carbons (Fsp3) is 0.300. The number of aliphatic hydroxyl groups is 1. The molecule has 0 aliphatic rings. The number of rotatable bonds is 4. The van der Waals surface area contributed by atoms with Crippen LogP contribution in [0.5, 0.6) is 11.5 Å². The number of ether oxygens (including phenoxy) is 2. The number of halogens is 1. The van der Waals surface area contributed by atoms with E-state index in [2.05, 4.69) is 22.6 Å². The lowest BCUT2D eigenvalue weighted by atomic mass is 10.2. The maximum atomic E-state index is 8.76. The quantitative estimate of drug-likeness (QED) is 0.855. The lowest BCUT2D eigenvalue weighted by Gasteiger charge is -2.11. The van der Waals surface area contributed by atoms with Crippen LogP contribution in [-0.2, 0) is 0 Å². The zero-order valence-corrected chi connectivity index (χ0v) is 10.3. The second-order valence-corrected chi connectivity index (χ2v) is 3.84. The minimum absolute atomic E-state index is 0.0563. The maximum absolute atomic E-state index is 8.76. The van der Waals surface area contributed by atoms with Crippen LogP contribution in [0.2, 0.25) is 0 Å². The summed E-state index contributed by atoms with van der Waals surface area (Å²) in [5.41, 5.74) is 0.521. The van der Waals surface area contributed by atoms with Gasteiger partial charge in [0.15, 0.2) is 11.5 Å². The fourth-order valence-corrected chi connectivity index (χ4v) is 1.83. The monoisotopic (exact) mass is 319 g/mol. The molecule has 15 heavy (non-hydrogen) atoms. The van der Waals surface area contributed by atoms with Crippen LogP contribution in [0.4, 0.5) is 0 Å². The van der Waals surface area contributed by atoms with E-state index < -0.39 is 0 Å². The van der Waals surface area contributed by atoms with Gasteiger partial charge in [0, 0.05) is 6.07 Å². The van der Waals surface area contributed by atoms with E-state index in [-0.39, 0.29) is 13.2 Å². The molecule has 80 valence electrons. The average Bonchev–Trinajstić information content (AvgIpc) is 2.26. The van der Waals surface area contributed by atoms with Gasteiger partial charge in [-0.15, -0.1) is 0 Å². The van der Waals surface area contributed by atoms with Gasteiger partial charge in [0.2, 0.25) is 0 Å². The molecule has 0 saturated carbocycles. The molecule has 4 nitrogen and oxygen atoms in total. The number of hydrogen-bond donors (Lipinski definition) is 1. The van der Waals surface area contributed by atoms with Gasteiger partial charge in [-0.1, -0.05) is 0 Å². The Morgan fingerprint density at radius 1 is 1.53 bits per heavy atom. The van der Waals surface area contributed by atoms with Crippen LogP contribution in [0.1, 0.15) is 5.56 Å². The molecule has 1 aromatic rings. The summed E-state index contributed by atoms with van der Waals surface area (Å²) in [7, 11) is 1.51. The molecule has 0 heterocycles. The maximum Gasteiger partial charge on any atom is 0.174 e. The third-order valence-corrected chi connectivity index (χ3v) is 2.50. The summed E-state index contributed by atoms with van der Waals surface area (Å²) in [5.74, 6) is 1.07. The van der Waals surface area contributed by atoms with Crippen LogP contribution in [0.3, 0.4) is 0 Å². The van der Waals surface area contributed by atoms with Crippen molar-refractivity contribution >= 4 is 22.6 Å². The van der Waals surface area contributed by atoms with Crippen molar-refractivity contribution in [2.75, 3.05) is 20.3 Å². The van der Waals surface area contributed by atoms with Gasteiger partial charge in [-0.3, -0.25) is 0 Å². The van der Waals surface area contributed by atoms with Gasteiger partial charge < -0.3 is 14.6 Å². The zero-order valence-electron chi connectivity index (χ0n) is 8.16. The van der Waals surface area contributed by atoms with E-state index in [0.29, 0.717) is 17.1 Å². The molecule has 0 amide bonds. The summed E-state index contributed by atoms with van der Waals surface area (Å²) in [4.78, 5) is 0. The van der Waals surface area contributed by atoms with Gasteiger partial charge in [0.25, 0.3) is 0 Å². The number of nitrogens with zero attached hydrogens (tertiary/aromatic N) is 1. The first-order chi connectivity index (χ1) is 7.22. The molecule has 0 unspecified atom stereocenters. The van der Waals surface area contributed by atoms with Crippen molar-refractivity contribution in [1.82, 2.24) is 0 Å². The summed E-state index contributed by atoms with van der Waals surface area (Å²) < 4.78 is 11.2. The highest BCUT2D eigenvalue weighted by Crippen LogP contribution is 2.33. The first kappa shape index (κ1) is 12.1. The van der Waals surface area contributed by atoms with Crippen LogP contribution < -0.4 is 9.47 Å². The predicted octanol–water partition coefficient (Wildman–Crippen LogP) is 1.54. The number of benzene rings is 1. The highest BCUT2D eigenvalue weighted by molar-refractivity contribution is 14.1. The van der Waals surface area contributed by atoms with Crippen molar-refractivity contribution in [1.29, 1.82) is 5.26 Å². The third kappa shape index (κ3) is 2.97. The number of aliphatic hydroxyl groups excluding tert-OH is 1. The minimum Gasteiger partial charge on any atom is -0.493 e. The molecule has 0 spiro atoms. The van der Waals surface area contributed by atoms with Gasteiger partial charge in [-0.05, 0) is 28.7 Å². The second kappa shape index (κ2) is 5.78. The standard InChI is InChI=1S/C10H10INO3/c1-14-9-5-7(6-12)4-8(11)10(9)15-3-2-13/h4-5,13H,2-3H2,1H3. The summed E-state index contributed by atoms with van der Waals surface area (Å²) in [6, 6.07) is 5.35. The third-order valence-electron chi connectivity index (χ3n) is 1.70. The Kier molecular flexibility index (Phi) is 4.65. The van der Waals surface area contributed by atoms with Crippen LogP contribution in [0.25, 0.3) is 0 Å². The van der Waals surface area contributed by atoms with E-state index in [4.69, 9.17) is 19.8 Å². The van der Waals surface area contributed by atoms with E-state index in [9.17, 15) is 0 Å². The van der Waals surface area contributed by atoms with Crippen LogP contribution >= 0.6 is 22.6 Å². The van der Waals surface area contributed by atoms with Crippen molar-refractivity contribution in [3.8, 4) is 17.6 Å². The number of hydrogen-bond acceptors (Lipinski definition) is 4. The Bertz CT molecular complexity index is 387. The largest absolute Gasteiger partial charge is 0.493 e. The summed E-state index contributed by atoms with van der Waals surface area (Å²) in [6.45, 7) is 0.150. The zero-order chi connectivity index (χ0) is 11.3. The molecule has 0 bridgehead atoms. The van der Waals surface area contributed by atoms with Gasteiger partial charge in [-0.25, -0.2) is 0 Å². The first-order valence-corrected chi connectivity index (χ1v) is 5.32. The SMILES string of the molecule is COc1cc(C#N)cc(I)c1OCCO. The Labute approximate surface area is 102 Å². The van der Waals surface area contributed by atoms with Gasteiger partial charge >= 0.3 is 0 Å². The smallest absolute Gasteiger partial charge is 0.174 e. The molecule has 0 atom stereocenters. The van der Waals surface area contributed by atoms with Crippen molar-refractivity contribution < 1.29 is 14.6 Å². The summed E-state index contributed by atoms with van der Waals surface area (Å²) in [6.07, 6.45) is 0. The van der Waals surface area contributed by atoms with E-state index in [1.807, 2.05) is 6.07 Å². The Morgan fingerprint density at radius 3 is 2.80 bits per heavy atom. The molecule has 1 N–H and O–H groups in total. The van der Waals surface area contributed by atoms with Crippen LogP contribution in [0.15, 0.2) is 12.1 Å². The summed E-state index contributed by atoms with van der Waals surface area (Å²) >= 11 is 2.06. The van der Waals surface area contributed by atoms with E-state index in [1.54, 1.807) is 12.1 Å². The molecule has 0 fully saturated rings. The average molecular weight is 319 g/mol. The second-order valence-electron chi connectivity index (χ2n) is 2.67. The highest BCUT2D eigenvalue weighted by Gasteiger charge is 2.11. The molecular formula is C10H10INO3. The lowest BCUT2D eigenvalue weighted by Crippen LogP contribution is -2.04. The molecule has 0 aliphatic carbocycles. The molecule has 1 aromatic carbocycles. The highest BCUT2D eigenvalue weighted by atomic mass is 127. The fourth-order valence-electron chi connectivity index (χ4n) is 1.07. The molecule has 1 rings (SSSR count). The van der Waals surface area contributed by atoms with Crippen molar-refractivity contribution in [2.45, 2.75) is 0 Å². The Hall–Kier alpha value is -1.00. The number of nitriles is 1. The van der Waals surface area contributed by atoms with Crippen LogP contribution in [-0.4, -0.2) is 25.4 Å². The van der Waals surface area contributed by atoms with E-state index in [1.165, 1.54) is 7.11 Å². The molecule has 0 radical (unpaired) electrons. The Balaban J connectivity index is 3.08. The van der Waals surface area contributed by atoms with Gasteiger partial charge in [0.1, 0.15) is 6.61 Å². The van der Waals surface area contributed by atoms with Gasteiger partial charge in [0.05, 0.1) is 28.9 Å². The molecule has 0 aromatic heterocycles.